The highest BCUT2D eigenvalue weighted by Gasteiger charge is 2.36. The van der Waals surface area contributed by atoms with E-state index in [4.69, 9.17) is 9.05 Å². The van der Waals surface area contributed by atoms with Gasteiger partial charge in [0.2, 0.25) is 0 Å². The maximum atomic E-state index is 13.2. The maximum Gasteiger partial charge on any atom is 0.367 e. The van der Waals surface area contributed by atoms with Crippen molar-refractivity contribution in [2.75, 3.05) is 19.5 Å². The topological polar surface area (TPSA) is 65.7 Å². The molecule has 2 rings (SSSR count). The van der Waals surface area contributed by atoms with Crippen molar-refractivity contribution in [3.8, 4) is 0 Å². The van der Waals surface area contributed by atoms with Crippen molar-refractivity contribution in [1.82, 2.24) is 14.6 Å². The normalized spacial score (nSPS) is 12.3. The molecule has 0 amide bonds. The van der Waals surface area contributed by atoms with E-state index in [9.17, 15) is 4.57 Å². The van der Waals surface area contributed by atoms with Crippen molar-refractivity contribution in [2.45, 2.75) is 39.6 Å². The van der Waals surface area contributed by atoms with Gasteiger partial charge in [0.1, 0.15) is 10.3 Å². The van der Waals surface area contributed by atoms with Crippen molar-refractivity contribution in [2.24, 2.45) is 0 Å². The third-order valence-electron chi connectivity index (χ3n) is 3.55. The molecule has 0 saturated carbocycles. The van der Waals surface area contributed by atoms with Gasteiger partial charge >= 0.3 is 7.60 Å². The summed E-state index contributed by atoms with van der Waals surface area (Å²) in [6, 6.07) is 0. The first-order chi connectivity index (χ1) is 10.4. The number of fused-ring (bicyclic) bond motifs is 1. The highest BCUT2D eigenvalue weighted by Crippen LogP contribution is 2.49. The van der Waals surface area contributed by atoms with Crippen LogP contribution in [-0.4, -0.2) is 34.1 Å². The minimum atomic E-state index is -3.45. The molecule has 22 heavy (non-hydrogen) atoms. The van der Waals surface area contributed by atoms with E-state index in [2.05, 4.69) is 10.1 Å². The maximum absolute atomic E-state index is 13.2. The standard InChI is InChI=1S/C14H22N3O3PS/c1-7-19-21(18,20-8-2)12-13-15-10(4)9(3)11(5)17(13)16-14(12)22-6/h7-8H2,1-6H3. The SMILES string of the molecule is CCOP(=O)(OCC)c1c(SC)nn2c(C)c(C)c(C)nc12. The molecule has 2 heterocycles. The molecule has 0 N–H and O–H groups in total. The third kappa shape index (κ3) is 2.83. The van der Waals surface area contributed by atoms with Crippen LogP contribution in [0.3, 0.4) is 0 Å². The molecule has 0 radical (unpaired) electrons. The quantitative estimate of drug-likeness (QED) is 0.592. The number of aromatic nitrogens is 3. The van der Waals surface area contributed by atoms with Gasteiger partial charge < -0.3 is 9.05 Å². The smallest absolute Gasteiger partial charge is 0.305 e. The molecule has 0 aliphatic carbocycles. The Morgan fingerprint density at radius 2 is 1.77 bits per heavy atom. The lowest BCUT2D eigenvalue weighted by Crippen LogP contribution is -2.14. The van der Waals surface area contributed by atoms with Gasteiger partial charge in [0.25, 0.3) is 0 Å². The molecule has 2 aromatic rings. The second-order valence-electron chi connectivity index (χ2n) is 4.83. The molecule has 0 unspecified atom stereocenters. The highest BCUT2D eigenvalue weighted by atomic mass is 32.2. The molecular weight excluding hydrogens is 321 g/mol. The number of rotatable bonds is 6. The lowest BCUT2D eigenvalue weighted by molar-refractivity contribution is 0.229. The molecule has 122 valence electrons. The summed E-state index contributed by atoms with van der Waals surface area (Å²) in [7, 11) is -3.45. The minimum Gasteiger partial charge on any atom is -0.305 e. The van der Waals surface area contributed by atoms with Gasteiger partial charge in [-0.25, -0.2) is 9.50 Å². The molecule has 6 nitrogen and oxygen atoms in total. The summed E-state index contributed by atoms with van der Waals surface area (Å²) in [6.45, 7) is 10.1. The molecule has 8 heteroatoms. The van der Waals surface area contributed by atoms with Crippen molar-refractivity contribution in [3.05, 3.63) is 17.0 Å². The average molecular weight is 343 g/mol. The summed E-state index contributed by atoms with van der Waals surface area (Å²) >= 11 is 1.42. The van der Waals surface area contributed by atoms with Gasteiger partial charge in [0, 0.05) is 11.4 Å². The fourth-order valence-corrected chi connectivity index (χ4v) is 5.00. The fourth-order valence-electron chi connectivity index (χ4n) is 2.26. The number of aryl methyl sites for hydroxylation is 2. The van der Waals surface area contributed by atoms with Crippen LogP contribution in [0.25, 0.3) is 5.65 Å². The van der Waals surface area contributed by atoms with Gasteiger partial charge in [-0.15, -0.1) is 11.8 Å². The summed E-state index contributed by atoms with van der Waals surface area (Å²) in [5.74, 6) is 0. The molecule has 0 saturated heterocycles. The van der Waals surface area contributed by atoms with Crippen LogP contribution < -0.4 is 5.30 Å². The minimum absolute atomic E-state index is 0.298. The predicted molar refractivity (Wildman–Crippen MR) is 89.5 cm³/mol. The van der Waals surface area contributed by atoms with Gasteiger partial charge in [-0.2, -0.15) is 5.10 Å². The van der Waals surface area contributed by atoms with Crippen LogP contribution in [0.4, 0.5) is 0 Å². The molecule has 0 bridgehead atoms. The molecule has 0 atom stereocenters. The average Bonchev–Trinajstić information content (AvgIpc) is 2.84. The first-order valence-corrected chi connectivity index (χ1v) is 9.96. The predicted octanol–water partition coefficient (Wildman–Crippen LogP) is 3.27. The largest absolute Gasteiger partial charge is 0.367 e. The lowest BCUT2D eigenvalue weighted by Gasteiger charge is -2.17. The Labute approximate surface area is 135 Å². The third-order valence-corrected chi connectivity index (χ3v) is 6.53. The van der Waals surface area contributed by atoms with Crippen molar-refractivity contribution in [1.29, 1.82) is 0 Å². The van der Waals surface area contributed by atoms with Crippen LogP contribution >= 0.6 is 19.4 Å². The Bertz CT molecular complexity index is 735. The monoisotopic (exact) mass is 343 g/mol. The number of thioether (sulfide) groups is 1. The zero-order valence-electron chi connectivity index (χ0n) is 13.8. The zero-order valence-corrected chi connectivity index (χ0v) is 15.5. The summed E-state index contributed by atoms with van der Waals surface area (Å²) in [5.41, 5.74) is 3.48. The van der Waals surface area contributed by atoms with Crippen LogP contribution in [0.1, 0.15) is 30.8 Å². The van der Waals surface area contributed by atoms with E-state index in [1.165, 1.54) is 11.8 Å². The van der Waals surface area contributed by atoms with E-state index < -0.39 is 7.60 Å². The van der Waals surface area contributed by atoms with Crippen LogP contribution in [0.2, 0.25) is 0 Å². The van der Waals surface area contributed by atoms with Crippen LogP contribution in [0.15, 0.2) is 5.03 Å². The van der Waals surface area contributed by atoms with Crippen molar-refractivity contribution >= 4 is 30.3 Å². The number of hydrogen-bond acceptors (Lipinski definition) is 6. The van der Waals surface area contributed by atoms with E-state index in [1.54, 1.807) is 18.4 Å². The van der Waals surface area contributed by atoms with Gasteiger partial charge in [0.15, 0.2) is 5.65 Å². The zero-order chi connectivity index (χ0) is 16.5. The fraction of sp³-hybridized carbons (Fsp3) is 0.571. The van der Waals surface area contributed by atoms with Gasteiger partial charge in [-0.3, -0.25) is 4.57 Å². The molecule has 0 fully saturated rings. The van der Waals surface area contributed by atoms with E-state index in [0.29, 0.717) is 29.2 Å². The highest BCUT2D eigenvalue weighted by molar-refractivity contribution is 7.99. The first-order valence-electron chi connectivity index (χ1n) is 7.19. The van der Waals surface area contributed by atoms with Crippen LogP contribution in [0.5, 0.6) is 0 Å². The van der Waals surface area contributed by atoms with Gasteiger partial charge in [-0.05, 0) is 46.4 Å². The summed E-state index contributed by atoms with van der Waals surface area (Å²) in [5, 5.41) is 5.65. The molecule has 2 aromatic heterocycles. The van der Waals surface area contributed by atoms with E-state index in [-0.39, 0.29) is 0 Å². The van der Waals surface area contributed by atoms with Gasteiger partial charge in [0.05, 0.1) is 13.2 Å². The second kappa shape index (κ2) is 6.71. The number of hydrogen-bond donors (Lipinski definition) is 0. The Kier molecular flexibility index (Phi) is 5.33. The molecular formula is C14H22N3O3PS. The van der Waals surface area contributed by atoms with Crippen LogP contribution in [-0.2, 0) is 13.6 Å². The van der Waals surface area contributed by atoms with Gasteiger partial charge in [-0.1, -0.05) is 0 Å². The Morgan fingerprint density at radius 1 is 1.18 bits per heavy atom. The molecule has 0 aliphatic rings. The first kappa shape index (κ1) is 17.5. The molecule has 0 aromatic carbocycles. The van der Waals surface area contributed by atoms with E-state index in [1.807, 2.05) is 27.0 Å². The Balaban J connectivity index is 2.84. The van der Waals surface area contributed by atoms with E-state index >= 15 is 0 Å². The van der Waals surface area contributed by atoms with E-state index in [0.717, 1.165) is 17.0 Å². The Morgan fingerprint density at radius 3 is 2.27 bits per heavy atom. The summed E-state index contributed by atoms with van der Waals surface area (Å²) in [6.07, 6.45) is 1.89. The summed E-state index contributed by atoms with van der Waals surface area (Å²) in [4.78, 5) is 4.59. The van der Waals surface area contributed by atoms with Crippen LogP contribution in [0, 0.1) is 20.8 Å². The Hall–Kier alpha value is -0.880. The second-order valence-corrected chi connectivity index (χ2v) is 7.59. The van der Waals surface area contributed by atoms with Crippen molar-refractivity contribution < 1.29 is 13.6 Å². The lowest BCUT2D eigenvalue weighted by atomic mass is 10.2. The molecule has 0 spiro atoms. The molecule has 0 aliphatic heterocycles. The number of nitrogens with zero attached hydrogens (tertiary/aromatic N) is 3. The van der Waals surface area contributed by atoms with Crippen molar-refractivity contribution in [3.63, 3.8) is 0 Å². The summed E-state index contributed by atoms with van der Waals surface area (Å²) < 4.78 is 26.0.